The lowest BCUT2D eigenvalue weighted by molar-refractivity contribution is 0.209. The molecule has 4 rings (SSSR count). The molecule has 1 heterocycles. The summed E-state index contributed by atoms with van der Waals surface area (Å²) in [6, 6.07) is 23.9. The highest BCUT2D eigenvalue weighted by molar-refractivity contribution is 6.30. The van der Waals surface area contributed by atoms with E-state index < -0.39 is 0 Å². The molecule has 3 aromatic carbocycles. The highest BCUT2D eigenvalue weighted by Crippen LogP contribution is 2.20. The van der Waals surface area contributed by atoms with Crippen LogP contribution in [0.2, 0.25) is 5.02 Å². The Morgan fingerprint density at radius 1 is 1.03 bits per heavy atom. The van der Waals surface area contributed by atoms with E-state index >= 15 is 0 Å². The lowest BCUT2D eigenvalue weighted by atomic mass is 10.1. The van der Waals surface area contributed by atoms with Crippen molar-refractivity contribution in [3.8, 4) is 5.75 Å². The van der Waals surface area contributed by atoms with E-state index in [1.807, 2.05) is 48.5 Å². The normalized spacial score (nSPS) is 10.7. The average molecular weight is 462 g/mol. The summed E-state index contributed by atoms with van der Waals surface area (Å²) >= 11 is 6.06. The number of nitrogens with one attached hydrogen (secondary N) is 2. The summed E-state index contributed by atoms with van der Waals surface area (Å²) in [7, 11) is 1.58. The summed E-state index contributed by atoms with van der Waals surface area (Å²) in [4.78, 5) is 30.5. The Bertz CT molecular complexity index is 1320. The SMILES string of the molecule is COc1ccc2cc(CN(CCc3ccccc3)C(=O)Nc3cccc(Cl)c3)c(=O)[nH]c2c1. The second kappa shape index (κ2) is 10.2. The molecular weight excluding hydrogens is 438 g/mol. The minimum absolute atomic E-state index is 0.163. The number of urea groups is 1. The van der Waals surface area contributed by atoms with Crippen molar-refractivity contribution < 1.29 is 9.53 Å². The Kier molecular flexibility index (Phi) is 6.95. The van der Waals surface area contributed by atoms with Crippen molar-refractivity contribution in [3.05, 3.63) is 105 Å². The van der Waals surface area contributed by atoms with Crippen LogP contribution in [-0.4, -0.2) is 29.6 Å². The number of carbonyl (C=O) groups is 1. The first-order valence-electron chi connectivity index (χ1n) is 10.6. The Morgan fingerprint density at radius 3 is 2.61 bits per heavy atom. The largest absolute Gasteiger partial charge is 0.497 e. The highest BCUT2D eigenvalue weighted by Gasteiger charge is 2.17. The monoisotopic (exact) mass is 461 g/mol. The summed E-state index contributed by atoms with van der Waals surface area (Å²) in [5, 5.41) is 4.28. The number of methoxy groups -OCH3 is 1. The van der Waals surface area contributed by atoms with Gasteiger partial charge in [0, 0.05) is 28.9 Å². The Morgan fingerprint density at radius 2 is 1.85 bits per heavy atom. The van der Waals surface area contributed by atoms with Gasteiger partial charge in [0.25, 0.3) is 5.56 Å². The third-order valence-corrected chi connectivity index (χ3v) is 5.60. The molecule has 0 saturated heterocycles. The van der Waals surface area contributed by atoms with Crippen molar-refractivity contribution in [2.75, 3.05) is 19.0 Å². The number of amides is 2. The molecule has 4 aromatic rings. The summed E-state index contributed by atoms with van der Waals surface area (Å²) < 4.78 is 5.23. The van der Waals surface area contributed by atoms with E-state index in [1.165, 1.54) is 0 Å². The zero-order chi connectivity index (χ0) is 23.2. The van der Waals surface area contributed by atoms with E-state index in [0.717, 1.165) is 10.9 Å². The molecular formula is C26H24ClN3O3. The van der Waals surface area contributed by atoms with Crippen LogP contribution < -0.4 is 15.6 Å². The number of benzene rings is 3. The maximum atomic E-state index is 13.2. The van der Waals surface area contributed by atoms with E-state index in [2.05, 4.69) is 10.3 Å². The van der Waals surface area contributed by atoms with Gasteiger partial charge in [0.1, 0.15) is 5.75 Å². The van der Waals surface area contributed by atoms with Gasteiger partial charge in [0.05, 0.1) is 19.2 Å². The van der Waals surface area contributed by atoms with E-state index in [1.54, 1.807) is 42.3 Å². The van der Waals surface area contributed by atoms with Crippen LogP contribution in [0, 0.1) is 0 Å². The first kappa shape index (κ1) is 22.4. The van der Waals surface area contributed by atoms with Gasteiger partial charge >= 0.3 is 6.03 Å². The molecule has 0 spiro atoms. The van der Waals surface area contributed by atoms with Crippen LogP contribution in [0.1, 0.15) is 11.1 Å². The van der Waals surface area contributed by atoms with Gasteiger partial charge < -0.3 is 19.9 Å². The van der Waals surface area contributed by atoms with Gasteiger partial charge in [0.15, 0.2) is 0 Å². The Labute approximate surface area is 196 Å². The predicted molar refractivity (Wildman–Crippen MR) is 132 cm³/mol. The minimum Gasteiger partial charge on any atom is -0.497 e. The fraction of sp³-hybridized carbons (Fsp3) is 0.154. The quantitative estimate of drug-likeness (QED) is 0.383. The fourth-order valence-electron chi connectivity index (χ4n) is 3.61. The molecule has 33 heavy (non-hydrogen) atoms. The molecule has 0 bridgehead atoms. The first-order chi connectivity index (χ1) is 16.0. The first-order valence-corrected chi connectivity index (χ1v) is 10.9. The standard InChI is InChI=1S/C26H24ClN3O3/c1-33-23-11-10-19-14-20(25(31)29-24(19)16-23)17-30(13-12-18-6-3-2-4-7-18)26(32)28-22-9-5-8-21(27)15-22/h2-11,14-16H,12-13,17H2,1H3,(H,28,32)(H,29,31). The summed E-state index contributed by atoms with van der Waals surface area (Å²) in [6.45, 7) is 0.604. The third-order valence-electron chi connectivity index (χ3n) is 5.37. The molecule has 2 N–H and O–H groups in total. The zero-order valence-corrected chi connectivity index (χ0v) is 18.9. The molecule has 0 aliphatic heterocycles. The van der Waals surface area contributed by atoms with E-state index in [4.69, 9.17) is 16.3 Å². The number of fused-ring (bicyclic) bond motifs is 1. The van der Waals surface area contributed by atoms with Crippen molar-refractivity contribution >= 4 is 34.2 Å². The second-order valence-corrected chi connectivity index (χ2v) is 8.11. The maximum Gasteiger partial charge on any atom is 0.322 e. The van der Waals surface area contributed by atoms with Crippen LogP contribution in [0.15, 0.2) is 83.7 Å². The van der Waals surface area contributed by atoms with Crippen molar-refractivity contribution in [2.45, 2.75) is 13.0 Å². The molecule has 2 amide bonds. The van der Waals surface area contributed by atoms with Gasteiger partial charge in [-0.3, -0.25) is 4.79 Å². The van der Waals surface area contributed by atoms with Gasteiger partial charge in [-0.25, -0.2) is 4.79 Å². The number of aromatic amines is 1. The van der Waals surface area contributed by atoms with Crippen LogP contribution in [-0.2, 0) is 13.0 Å². The number of pyridine rings is 1. The number of halogens is 1. The smallest absolute Gasteiger partial charge is 0.322 e. The zero-order valence-electron chi connectivity index (χ0n) is 18.2. The Hall–Kier alpha value is -3.77. The van der Waals surface area contributed by atoms with E-state index in [9.17, 15) is 9.59 Å². The lowest BCUT2D eigenvalue weighted by Crippen LogP contribution is -2.37. The van der Waals surface area contributed by atoms with Crippen molar-refractivity contribution in [1.29, 1.82) is 0 Å². The fourth-order valence-corrected chi connectivity index (χ4v) is 3.80. The van der Waals surface area contributed by atoms with Gasteiger partial charge in [-0.1, -0.05) is 48.0 Å². The molecule has 7 heteroatoms. The van der Waals surface area contributed by atoms with Crippen molar-refractivity contribution in [3.63, 3.8) is 0 Å². The van der Waals surface area contributed by atoms with Crippen LogP contribution in [0.4, 0.5) is 10.5 Å². The number of hydrogen-bond donors (Lipinski definition) is 2. The number of H-pyrrole nitrogens is 1. The molecule has 0 unspecified atom stereocenters. The maximum absolute atomic E-state index is 13.2. The van der Waals surface area contributed by atoms with Gasteiger partial charge in [0.2, 0.25) is 0 Å². The number of ether oxygens (including phenoxy) is 1. The molecule has 0 aliphatic rings. The molecule has 0 fully saturated rings. The molecule has 0 aliphatic carbocycles. The average Bonchev–Trinajstić information content (AvgIpc) is 2.82. The lowest BCUT2D eigenvalue weighted by Gasteiger charge is -2.23. The summed E-state index contributed by atoms with van der Waals surface area (Å²) in [5.41, 5.74) is 2.65. The van der Waals surface area contributed by atoms with Crippen LogP contribution in [0.5, 0.6) is 5.75 Å². The number of nitrogens with zero attached hydrogens (tertiary/aromatic N) is 1. The van der Waals surface area contributed by atoms with E-state index in [-0.39, 0.29) is 18.1 Å². The van der Waals surface area contributed by atoms with Gasteiger partial charge in [-0.15, -0.1) is 0 Å². The number of anilines is 1. The summed E-state index contributed by atoms with van der Waals surface area (Å²) in [6.07, 6.45) is 0.659. The van der Waals surface area contributed by atoms with Gasteiger partial charge in [-0.2, -0.15) is 0 Å². The van der Waals surface area contributed by atoms with E-state index in [0.29, 0.717) is 40.5 Å². The topological polar surface area (TPSA) is 74.4 Å². The highest BCUT2D eigenvalue weighted by atomic mass is 35.5. The molecule has 0 atom stereocenters. The number of hydrogen-bond acceptors (Lipinski definition) is 3. The minimum atomic E-state index is -0.303. The van der Waals surface area contributed by atoms with Crippen molar-refractivity contribution in [2.24, 2.45) is 0 Å². The Balaban J connectivity index is 1.60. The third kappa shape index (κ3) is 5.73. The molecule has 168 valence electrons. The number of rotatable bonds is 7. The number of aromatic nitrogens is 1. The van der Waals surface area contributed by atoms with Crippen LogP contribution in [0.3, 0.4) is 0 Å². The van der Waals surface area contributed by atoms with Crippen molar-refractivity contribution in [1.82, 2.24) is 9.88 Å². The van der Waals surface area contributed by atoms with Crippen LogP contribution in [0.25, 0.3) is 10.9 Å². The van der Waals surface area contributed by atoms with Gasteiger partial charge in [-0.05, 0) is 53.8 Å². The second-order valence-electron chi connectivity index (χ2n) is 7.67. The molecule has 6 nitrogen and oxygen atoms in total. The summed E-state index contributed by atoms with van der Waals surface area (Å²) in [5.74, 6) is 0.663. The molecule has 0 saturated carbocycles. The van der Waals surface area contributed by atoms with Crippen LogP contribution >= 0.6 is 11.6 Å². The predicted octanol–water partition coefficient (Wildman–Crippen LogP) is 5.47. The number of carbonyl (C=O) groups excluding carboxylic acids is 1. The molecule has 0 radical (unpaired) electrons. The molecule has 1 aromatic heterocycles.